The molecule has 5 heteroatoms. The van der Waals surface area contributed by atoms with Crippen LogP contribution >= 0.6 is 23.2 Å². The van der Waals surface area contributed by atoms with Crippen LogP contribution in [0.15, 0.2) is 36.4 Å². The highest BCUT2D eigenvalue weighted by Gasteiger charge is 2.17. The number of hydrogen-bond donors (Lipinski definition) is 1. The number of rotatable bonds is 5. The van der Waals surface area contributed by atoms with E-state index in [4.69, 9.17) is 27.9 Å². The summed E-state index contributed by atoms with van der Waals surface area (Å²) in [6.45, 7) is 4.00. The summed E-state index contributed by atoms with van der Waals surface area (Å²) in [6, 6.07) is 10.7. The van der Waals surface area contributed by atoms with E-state index in [0.717, 1.165) is 23.3 Å². The summed E-state index contributed by atoms with van der Waals surface area (Å²) in [5.41, 5.74) is 2.48. The summed E-state index contributed by atoms with van der Waals surface area (Å²) < 4.78 is 5.27. The SMILES string of the molecule is CCC(NC(=O)c1ccc(Cl)cc1Cl)c1ccc(OC)c(C)c1. The lowest BCUT2D eigenvalue weighted by molar-refractivity contribution is 0.0935. The van der Waals surface area contributed by atoms with E-state index in [2.05, 4.69) is 5.32 Å². The van der Waals surface area contributed by atoms with Gasteiger partial charge in [0.2, 0.25) is 0 Å². The number of nitrogens with one attached hydrogen (secondary N) is 1. The topological polar surface area (TPSA) is 38.3 Å². The van der Waals surface area contributed by atoms with Gasteiger partial charge in [-0.05, 0) is 48.7 Å². The predicted molar refractivity (Wildman–Crippen MR) is 94.7 cm³/mol. The van der Waals surface area contributed by atoms with Crippen LogP contribution in [0.4, 0.5) is 0 Å². The molecule has 0 fully saturated rings. The molecule has 0 saturated carbocycles. The van der Waals surface area contributed by atoms with Gasteiger partial charge >= 0.3 is 0 Å². The van der Waals surface area contributed by atoms with Crippen LogP contribution in [0, 0.1) is 6.92 Å². The molecule has 0 aliphatic heterocycles. The van der Waals surface area contributed by atoms with Gasteiger partial charge in [-0.2, -0.15) is 0 Å². The number of halogens is 2. The smallest absolute Gasteiger partial charge is 0.253 e. The van der Waals surface area contributed by atoms with Crippen molar-refractivity contribution in [1.82, 2.24) is 5.32 Å². The molecule has 1 atom stereocenters. The Kier molecular flexibility index (Phi) is 5.91. The third-order valence-corrected chi connectivity index (χ3v) is 4.26. The van der Waals surface area contributed by atoms with Crippen molar-refractivity contribution < 1.29 is 9.53 Å². The van der Waals surface area contributed by atoms with Crippen molar-refractivity contribution >= 4 is 29.1 Å². The number of carbonyl (C=O) groups excluding carboxylic acids is 1. The van der Waals surface area contributed by atoms with Gasteiger partial charge in [0, 0.05) is 5.02 Å². The monoisotopic (exact) mass is 351 g/mol. The zero-order chi connectivity index (χ0) is 17.0. The quantitative estimate of drug-likeness (QED) is 0.804. The van der Waals surface area contributed by atoms with Gasteiger partial charge < -0.3 is 10.1 Å². The average Bonchev–Trinajstić information content (AvgIpc) is 2.52. The Morgan fingerprint density at radius 2 is 1.96 bits per heavy atom. The average molecular weight is 352 g/mol. The maximum Gasteiger partial charge on any atom is 0.253 e. The van der Waals surface area contributed by atoms with Crippen molar-refractivity contribution in [3.8, 4) is 5.75 Å². The molecule has 2 aromatic carbocycles. The fourth-order valence-electron chi connectivity index (χ4n) is 2.45. The molecule has 1 unspecified atom stereocenters. The number of amides is 1. The summed E-state index contributed by atoms with van der Waals surface area (Å²) in [5.74, 6) is 0.614. The van der Waals surface area contributed by atoms with Crippen LogP contribution in [0.1, 0.15) is 40.9 Å². The molecule has 0 radical (unpaired) electrons. The number of carbonyl (C=O) groups is 1. The zero-order valence-corrected chi connectivity index (χ0v) is 14.8. The molecule has 3 nitrogen and oxygen atoms in total. The van der Waals surface area contributed by atoms with Gasteiger partial charge in [-0.1, -0.05) is 42.3 Å². The van der Waals surface area contributed by atoms with Crippen LogP contribution in [0.5, 0.6) is 5.75 Å². The van der Waals surface area contributed by atoms with Crippen LogP contribution in [-0.4, -0.2) is 13.0 Å². The van der Waals surface area contributed by atoms with Crippen LogP contribution in [0.25, 0.3) is 0 Å². The first kappa shape index (κ1) is 17.6. The van der Waals surface area contributed by atoms with E-state index in [1.807, 2.05) is 32.0 Å². The van der Waals surface area contributed by atoms with Gasteiger partial charge in [0.05, 0.1) is 23.7 Å². The molecule has 1 N–H and O–H groups in total. The molecule has 0 aliphatic rings. The summed E-state index contributed by atoms with van der Waals surface area (Å²) in [5, 5.41) is 3.86. The summed E-state index contributed by atoms with van der Waals surface area (Å²) >= 11 is 12.0. The minimum Gasteiger partial charge on any atom is -0.496 e. The third kappa shape index (κ3) is 4.18. The van der Waals surface area contributed by atoms with Crippen LogP contribution in [-0.2, 0) is 0 Å². The lowest BCUT2D eigenvalue weighted by atomic mass is 10.0. The number of benzene rings is 2. The second kappa shape index (κ2) is 7.71. The van der Waals surface area contributed by atoms with Gasteiger partial charge in [-0.15, -0.1) is 0 Å². The van der Waals surface area contributed by atoms with E-state index in [9.17, 15) is 4.79 Å². The van der Waals surface area contributed by atoms with Gasteiger partial charge in [0.1, 0.15) is 5.75 Å². The van der Waals surface area contributed by atoms with Crippen LogP contribution < -0.4 is 10.1 Å². The van der Waals surface area contributed by atoms with E-state index in [0.29, 0.717) is 15.6 Å². The van der Waals surface area contributed by atoms with E-state index < -0.39 is 0 Å². The fourth-order valence-corrected chi connectivity index (χ4v) is 2.94. The zero-order valence-electron chi connectivity index (χ0n) is 13.3. The Morgan fingerprint density at radius 1 is 1.22 bits per heavy atom. The third-order valence-electron chi connectivity index (χ3n) is 3.71. The minimum absolute atomic E-state index is 0.0983. The van der Waals surface area contributed by atoms with Gasteiger partial charge in [-0.25, -0.2) is 0 Å². The maximum absolute atomic E-state index is 12.5. The van der Waals surface area contributed by atoms with E-state index in [1.54, 1.807) is 25.3 Å². The molecule has 23 heavy (non-hydrogen) atoms. The van der Waals surface area contributed by atoms with E-state index in [1.165, 1.54) is 0 Å². The van der Waals surface area contributed by atoms with Gasteiger partial charge in [-0.3, -0.25) is 4.79 Å². The summed E-state index contributed by atoms with van der Waals surface area (Å²) in [4.78, 5) is 12.5. The molecule has 1 amide bonds. The Morgan fingerprint density at radius 3 is 2.52 bits per heavy atom. The molecular formula is C18H19Cl2NO2. The second-order valence-corrected chi connectivity index (χ2v) is 6.13. The number of methoxy groups -OCH3 is 1. The highest BCUT2D eigenvalue weighted by molar-refractivity contribution is 6.36. The highest BCUT2D eigenvalue weighted by atomic mass is 35.5. The number of hydrogen-bond acceptors (Lipinski definition) is 2. The van der Waals surface area contributed by atoms with Gasteiger partial charge in [0.15, 0.2) is 0 Å². The van der Waals surface area contributed by atoms with Crippen molar-refractivity contribution in [2.45, 2.75) is 26.3 Å². The standard InChI is InChI=1S/C18H19Cl2NO2/c1-4-16(12-5-8-17(23-3)11(2)9-12)21-18(22)14-7-6-13(19)10-15(14)20/h5-10,16H,4H2,1-3H3,(H,21,22). The predicted octanol–water partition coefficient (Wildman–Crippen LogP) is 5.19. The molecule has 0 aliphatic carbocycles. The number of aryl methyl sites for hydroxylation is 1. The van der Waals surface area contributed by atoms with E-state index in [-0.39, 0.29) is 11.9 Å². The first-order valence-corrected chi connectivity index (χ1v) is 8.12. The van der Waals surface area contributed by atoms with Crippen molar-refractivity contribution in [1.29, 1.82) is 0 Å². The van der Waals surface area contributed by atoms with Crippen LogP contribution in [0.3, 0.4) is 0 Å². The molecule has 122 valence electrons. The lowest BCUT2D eigenvalue weighted by Gasteiger charge is -2.19. The van der Waals surface area contributed by atoms with Crippen molar-refractivity contribution in [3.63, 3.8) is 0 Å². The molecule has 0 aromatic heterocycles. The van der Waals surface area contributed by atoms with Crippen LogP contribution in [0.2, 0.25) is 10.0 Å². The largest absolute Gasteiger partial charge is 0.496 e. The normalized spacial score (nSPS) is 11.9. The van der Waals surface area contributed by atoms with Crippen molar-refractivity contribution in [2.24, 2.45) is 0 Å². The maximum atomic E-state index is 12.5. The summed E-state index contributed by atoms with van der Waals surface area (Å²) in [6.07, 6.45) is 0.767. The Balaban J connectivity index is 2.21. The number of ether oxygens (including phenoxy) is 1. The Labute approximate surface area is 146 Å². The Bertz CT molecular complexity index is 716. The molecule has 2 rings (SSSR count). The van der Waals surface area contributed by atoms with Crippen molar-refractivity contribution in [3.05, 3.63) is 63.1 Å². The molecule has 0 spiro atoms. The molecule has 0 bridgehead atoms. The molecule has 2 aromatic rings. The summed E-state index contributed by atoms with van der Waals surface area (Å²) in [7, 11) is 1.64. The molecule has 0 saturated heterocycles. The first-order chi connectivity index (χ1) is 11.0. The van der Waals surface area contributed by atoms with Crippen molar-refractivity contribution in [2.75, 3.05) is 7.11 Å². The second-order valence-electron chi connectivity index (χ2n) is 5.29. The van der Waals surface area contributed by atoms with Gasteiger partial charge in [0.25, 0.3) is 5.91 Å². The highest BCUT2D eigenvalue weighted by Crippen LogP contribution is 2.26. The minimum atomic E-state index is -0.216. The Hall–Kier alpha value is -1.71. The lowest BCUT2D eigenvalue weighted by Crippen LogP contribution is -2.28. The first-order valence-electron chi connectivity index (χ1n) is 7.36. The van der Waals surface area contributed by atoms with E-state index >= 15 is 0 Å². The molecular weight excluding hydrogens is 333 g/mol. The fraction of sp³-hybridized carbons (Fsp3) is 0.278. The molecule has 0 heterocycles.